The molecular weight excluding hydrogens is 392 g/mol. The van der Waals surface area contributed by atoms with Gasteiger partial charge >= 0.3 is 12.1 Å². The van der Waals surface area contributed by atoms with Crippen LogP contribution in [-0.4, -0.2) is 30.7 Å². The largest absolute Gasteiger partial charge is 0.469 e. The molecule has 2 aromatic rings. The van der Waals surface area contributed by atoms with Crippen LogP contribution in [-0.2, 0) is 20.8 Å². The number of carbonyl (C=O) groups excluding carboxylic acids is 3. The molecule has 0 aliphatic rings. The summed E-state index contributed by atoms with van der Waals surface area (Å²) in [6.07, 6.45) is -0.443. The number of ether oxygens (including phenoxy) is 2. The maximum atomic E-state index is 12.6. The predicted molar refractivity (Wildman–Crippen MR) is 111 cm³/mol. The fourth-order valence-corrected chi connectivity index (χ4v) is 3.24. The van der Waals surface area contributed by atoms with Gasteiger partial charge in [0.05, 0.1) is 19.6 Å². The van der Waals surface area contributed by atoms with Crippen molar-refractivity contribution >= 4 is 29.3 Å². The van der Waals surface area contributed by atoms with E-state index in [4.69, 9.17) is 9.47 Å². The maximum absolute atomic E-state index is 12.6. The second-order valence-corrected chi connectivity index (χ2v) is 8.35. The Morgan fingerprint density at radius 3 is 2.34 bits per heavy atom. The van der Waals surface area contributed by atoms with E-state index < -0.39 is 23.7 Å². The molecule has 0 radical (unpaired) electrons. The molecule has 1 heterocycles. The number of hydrogen-bond donors (Lipinski definition) is 2. The standard InChI is InChI=1S/C21H26N2O5S/c1-21(2,3)28-20(26)22-13-14-7-9-15(10-8-14)19(25)23-16(12-18(24)27-4)17-6-5-11-29-17/h5-11,16H,12-13H2,1-4H3,(H,22,26)(H,23,25). The molecule has 2 N–H and O–H groups in total. The number of esters is 1. The summed E-state index contributed by atoms with van der Waals surface area (Å²) in [6.45, 7) is 5.67. The Kier molecular flexibility index (Phi) is 7.78. The molecule has 0 saturated carbocycles. The number of methoxy groups -OCH3 is 1. The lowest BCUT2D eigenvalue weighted by Crippen LogP contribution is -2.32. The fourth-order valence-electron chi connectivity index (χ4n) is 2.47. The van der Waals surface area contributed by atoms with Crippen molar-refractivity contribution in [3.8, 4) is 0 Å². The molecule has 29 heavy (non-hydrogen) atoms. The SMILES string of the molecule is COC(=O)CC(NC(=O)c1ccc(CNC(=O)OC(C)(C)C)cc1)c1cccs1. The molecule has 156 valence electrons. The Bertz CT molecular complexity index is 826. The van der Waals surface area contributed by atoms with Crippen LogP contribution in [0.4, 0.5) is 4.79 Å². The Balaban J connectivity index is 1.96. The van der Waals surface area contributed by atoms with Crippen LogP contribution in [0.2, 0.25) is 0 Å². The molecule has 0 fully saturated rings. The molecule has 1 aromatic carbocycles. The molecule has 0 aliphatic carbocycles. The Morgan fingerprint density at radius 2 is 1.79 bits per heavy atom. The molecule has 2 rings (SSSR count). The van der Waals surface area contributed by atoms with Crippen molar-refractivity contribution in [2.75, 3.05) is 7.11 Å². The van der Waals surface area contributed by atoms with Gasteiger partial charge in [-0.1, -0.05) is 18.2 Å². The lowest BCUT2D eigenvalue weighted by atomic mass is 10.1. The summed E-state index contributed by atoms with van der Waals surface area (Å²) in [5.41, 5.74) is 0.726. The van der Waals surface area contributed by atoms with E-state index in [1.807, 2.05) is 17.5 Å². The van der Waals surface area contributed by atoms with Gasteiger partial charge < -0.3 is 20.1 Å². The highest BCUT2D eigenvalue weighted by Gasteiger charge is 2.20. The van der Waals surface area contributed by atoms with Crippen LogP contribution in [0.5, 0.6) is 0 Å². The van der Waals surface area contributed by atoms with Crippen LogP contribution in [0.15, 0.2) is 41.8 Å². The molecule has 1 unspecified atom stereocenters. The molecule has 7 nitrogen and oxygen atoms in total. The molecule has 0 bridgehead atoms. The van der Waals surface area contributed by atoms with E-state index in [-0.39, 0.29) is 18.9 Å². The first kappa shape index (κ1) is 22.4. The minimum absolute atomic E-state index is 0.0562. The first-order chi connectivity index (χ1) is 13.7. The smallest absolute Gasteiger partial charge is 0.407 e. The van der Waals surface area contributed by atoms with E-state index in [0.717, 1.165) is 10.4 Å². The number of nitrogens with one attached hydrogen (secondary N) is 2. The topological polar surface area (TPSA) is 93.7 Å². The summed E-state index contributed by atoms with van der Waals surface area (Å²) in [4.78, 5) is 36.9. The van der Waals surface area contributed by atoms with Crippen molar-refractivity contribution in [1.82, 2.24) is 10.6 Å². The first-order valence-electron chi connectivity index (χ1n) is 9.15. The van der Waals surface area contributed by atoms with Crippen molar-refractivity contribution < 1.29 is 23.9 Å². The Labute approximate surface area is 174 Å². The Morgan fingerprint density at radius 1 is 1.10 bits per heavy atom. The summed E-state index contributed by atoms with van der Waals surface area (Å²) in [7, 11) is 1.32. The fraction of sp³-hybridized carbons (Fsp3) is 0.381. The summed E-state index contributed by atoms with van der Waals surface area (Å²) in [5, 5.41) is 7.44. The second-order valence-electron chi connectivity index (χ2n) is 7.37. The van der Waals surface area contributed by atoms with Crippen molar-refractivity contribution in [1.29, 1.82) is 0 Å². The third-order valence-electron chi connectivity index (χ3n) is 3.84. The first-order valence-corrected chi connectivity index (χ1v) is 10.0. The zero-order chi connectivity index (χ0) is 21.4. The lowest BCUT2D eigenvalue weighted by molar-refractivity contribution is -0.141. The molecule has 0 saturated heterocycles. The van der Waals surface area contributed by atoms with Gasteiger partial charge in [-0.05, 0) is 49.9 Å². The highest BCUT2D eigenvalue weighted by Crippen LogP contribution is 2.23. The predicted octanol–water partition coefficient (Wildman–Crippen LogP) is 3.81. The van der Waals surface area contributed by atoms with Crippen molar-refractivity contribution in [2.45, 2.75) is 45.4 Å². The van der Waals surface area contributed by atoms with E-state index in [1.165, 1.54) is 18.4 Å². The van der Waals surface area contributed by atoms with Crippen molar-refractivity contribution in [3.05, 3.63) is 57.8 Å². The van der Waals surface area contributed by atoms with Crippen LogP contribution in [0.3, 0.4) is 0 Å². The minimum Gasteiger partial charge on any atom is -0.469 e. The molecule has 0 aliphatic heterocycles. The van der Waals surface area contributed by atoms with Crippen molar-refractivity contribution in [3.63, 3.8) is 0 Å². The van der Waals surface area contributed by atoms with Gasteiger partial charge in [-0.2, -0.15) is 0 Å². The van der Waals surface area contributed by atoms with Gasteiger partial charge in [0.15, 0.2) is 0 Å². The third-order valence-corrected chi connectivity index (χ3v) is 4.83. The van der Waals surface area contributed by atoms with Gasteiger partial charge in [0.2, 0.25) is 0 Å². The number of rotatable bonds is 7. The number of hydrogen-bond acceptors (Lipinski definition) is 6. The normalized spacial score (nSPS) is 12.0. The average molecular weight is 419 g/mol. The van der Waals surface area contributed by atoms with E-state index in [9.17, 15) is 14.4 Å². The quantitative estimate of drug-likeness (QED) is 0.667. The highest BCUT2D eigenvalue weighted by molar-refractivity contribution is 7.10. The average Bonchev–Trinajstić information content (AvgIpc) is 3.19. The van der Waals surface area contributed by atoms with Gasteiger partial charge in [0.1, 0.15) is 5.60 Å². The van der Waals surface area contributed by atoms with Gasteiger partial charge in [-0.25, -0.2) is 4.79 Å². The number of amides is 2. The monoisotopic (exact) mass is 418 g/mol. The third kappa shape index (κ3) is 7.57. The molecule has 0 spiro atoms. The number of carbonyl (C=O) groups is 3. The molecular formula is C21H26N2O5S. The summed E-state index contributed by atoms with van der Waals surface area (Å²) < 4.78 is 9.92. The zero-order valence-corrected chi connectivity index (χ0v) is 17.8. The summed E-state index contributed by atoms with van der Waals surface area (Å²) in [5.74, 6) is -0.689. The van der Waals surface area contributed by atoms with Crippen LogP contribution in [0.25, 0.3) is 0 Å². The van der Waals surface area contributed by atoms with Crippen LogP contribution < -0.4 is 10.6 Å². The molecule has 1 aromatic heterocycles. The van der Waals surface area contributed by atoms with Crippen LogP contribution >= 0.6 is 11.3 Å². The van der Waals surface area contributed by atoms with E-state index in [2.05, 4.69) is 10.6 Å². The summed E-state index contributed by atoms with van der Waals surface area (Å²) in [6, 6.07) is 10.1. The van der Waals surface area contributed by atoms with E-state index >= 15 is 0 Å². The minimum atomic E-state index is -0.560. The van der Waals surface area contributed by atoms with Gasteiger partial charge in [-0.3, -0.25) is 9.59 Å². The van der Waals surface area contributed by atoms with Crippen LogP contribution in [0, 0.1) is 0 Å². The van der Waals surface area contributed by atoms with E-state index in [0.29, 0.717) is 5.56 Å². The summed E-state index contributed by atoms with van der Waals surface area (Å²) >= 11 is 1.46. The number of thiophene rings is 1. The van der Waals surface area contributed by atoms with E-state index in [1.54, 1.807) is 45.0 Å². The number of benzene rings is 1. The maximum Gasteiger partial charge on any atom is 0.407 e. The molecule has 1 atom stereocenters. The van der Waals surface area contributed by atoms with Gasteiger partial charge in [0, 0.05) is 17.0 Å². The second kappa shape index (κ2) is 10.1. The zero-order valence-electron chi connectivity index (χ0n) is 17.0. The van der Waals surface area contributed by atoms with Crippen LogP contribution in [0.1, 0.15) is 54.0 Å². The van der Waals surface area contributed by atoms with Gasteiger partial charge in [-0.15, -0.1) is 11.3 Å². The van der Waals surface area contributed by atoms with Gasteiger partial charge in [0.25, 0.3) is 5.91 Å². The lowest BCUT2D eigenvalue weighted by Gasteiger charge is -2.19. The molecule has 2 amide bonds. The highest BCUT2D eigenvalue weighted by atomic mass is 32.1. The molecule has 8 heteroatoms. The number of alkyl carbamates (subject to hydrolysis) is 1. The van der Waals surface area contributed by atoms with Crippen molar-refractivity contribution in [2.24, 2.45) is 0 Å². The Hall–Kier alpha value is -2.87.